The third-order valence-electron chi connectivity index (χ3n) is 3.62. The highest BCUT2D eigenvalue weighted by Gasteiger charge is 2.24. The van der Waals surface area contributed by atoms with E-state index in [4.69, 9.17) is 5.73 Å². The van der Waals surface area contributed by atoms with Gasteiger partial charge in [0.15, 0.2) is 0 Å². The minimum Gasteiger partial charge on any atom is -0.465 e. The number of hydrogen-bond donors (Lipinski definition) is 2. The number of benzene rings is 1. The number of anilines is 2. The molecule has 2 rings (SSSR count). The number of carbonyl (C=O) groups excluding carboxylic acids is 1. The van der Waals surface area contributed by atoms with E-state index in [1.807, 2.05) is 17.8 Å². The molecule has 1 aliphatic carbocycles. The Kier molecular flexibility index (Phi) is 5.17. The molecule has 0 heterocycles. The summed E-state index contributed by atoms with van der Waals surface area (Å²) in [6.45, 7) is 2.20. The Labute approximate surface area is 124 Å². The number of rotatable bonds is 5. The van der Waals surface area contributed by atoms with Gasteiger partial charge in [0, 0.05) is 11.3 Å². The molecular formula is C15H22N2O2S. The monoisotopic (exact) mass is 294 g/mol. The van der Waals surface area contributed by atoms with Crippen molar-refractivity contribution in [2.24, 2.45) is 0 Å². The molecule has 0 aliphatic heterocycles. The summed E-state index contributed by atoms with van der Waals surface area (Å²) in [5.74, 6) is 0.816. The summed E-state index contributed by atoms with van der Waals surface area (Å²) in [5, 5.41) is 4.25. The van der Waals surface area contributed by atoms with E-state index in [0.717, 1.165) is 10.9 Å². The fraction of sp³-hybridized carbons (Fsp3) is 0.533. The number of nitrogen functional groups attached to an aromatic ring is 1. The molecule has 4 nitrogen and oxygen atoms in total. The molecule has 0 spiro atoms. The predicted molar refractivity (Wildman–Crippen MR) is 85.4 cm³/mol. The molecule has 0 radical (unpaired) electrons. The van der Waals surface area contributed by atoms with Gasteiger partial charge in [0.05, 0.1) is 24.0 Å². The average Bonchev–Trinajstić information content (AvgIpc) is 2.88. The second-order valence-electron chi connectivity index (χ2n) is 5.03. The molecule has 20 heavy (non-hydrogen) atoms. The molecule has 0 bridgehead atoms. The van der Waals surface area contributed by atoms with E-state index < -0.39 is 0 Å². The topological polar surface area (TPSA) is 64.3 Å². The molecule has 110 valence electrons. The fourth-order valence-electron chi connectivity index (χ4n) is 2.62. The number of hydrogen-bond acceptors (Lipinski definition) is 5. The summed E-state index contributed by atoms with van der Waals surface area (Å²) in [6.07, 6.45) is 3.61. The van der Waals surface area contributed by atoms with Crippen LogP contribution in [0, 0.1) is 0 Å². The summed E-state index contributed by atoms with van der Waals surface area (Å²) in [4.78, 5) is 11.4. The van der Waals surface area contributed by atoms with E-state index in [1.54, 1.807) is 12.1 Å². The summed E-state index contributed by atoms with van der Waals surface area (Å²) in [6, 6.07) is 5.76. The molecule has 1 aromatic carbocycles. The second-order valence-corrected chi connectivity index (χ2v) is 6.60. The Hall–Kier alpha value is -1.36. The van der Waals surface area contributed by atoms with Gasteiger partial charge >= 0.3 is 5.97 Å². The highest BCUT2D eigenvalue weighted by molar-refractivity contribution is 7.99. The van der Waals surface area contributed by atoms with Crippen LogP contribution in [0.1, 0.15) is 36.5 Å². The van der Waals surface area contributed by atoms with Crippen molar-refractivity contribution >= 4 is 29.1 Å². The quantitative estimate of drug-likeness (QED) is 0.645. The largest absolute Gasteiger partial charge is 0.465 e. The maximum atomic E-state index is 11.4. The maximum Gasteiger partial charge on any atom is 0.337 e. The van der Waals surface area contributed by atoms with Crippen molar-refractivity contribution in [3.63, 3.8) is 0 Å². The number of methoxy groups -OCH3 is 1. The lowest BCUT2D eigenvalue weighted by Gasteiger charge is -2.16. The van der Waals surface area contributed by atoms with Gasteiger partial charge in [-0.25, -0.2) is 4.79 Å². The van der Waals surface area contributed by atoms with Gasteiger partial charge in [0.1, 0.15) is 0 Å². The van der Waals surface area contributed by atoms with Gasteiger partial charge in [-0.05, 0) is 43.2 Å². The van der Waals surface area contributed by atoms with Crippen molar-refractivity contribution in [2.75, 3.05) is 23.9 Å². The van der Waals surface area contributed by atoms with Crippen molar-refractivity contribution in [1.82, 2.24) is 0 Å². The van der Waals surface area contributed by atoms with E-state index in [9.17, 15) is 4.79 Å². The van der Waals surface area contributed by atoms with Crippen molar-refractivity contribution in [1.29, 1.82) is 0 Å². The van der Waals surface area contributed by atoms with Crippen LogP contribution in [0.4, 0.5) is 11.4 Å². The SMILES string of the molecule is CCSC1CCC(Nc2ccc(C(=O)OC)cc2N)C1. The smallest absolute Gasteiger partial charge is 0.337 e. The molecule has 0 amide bonds. The average molecular weight is 294 g/mol. The number of thioether (sulfide) groups is 1. The Bertz CT molecular complexity index is 479. The normalized spacial score (nSPS) is 21.7. The summed E-state index contributed by atoms with van der Waals surface area (Å²) >= 11 is 2.03. The van der Waals surface area contributed by atoms with Crippen LogP contribution in [0.2, 0.25) is 0 Å². The van der Waals surface area contributed by atoms with Crippen LogP contribution < -0.4 is 11.1 Å². The zero-order valence-corrected chi connectivity index (χ0v) is 12.8. The van der Waals surface area contributed by atoms with E-state index in [2.05, 4.69) is 17.0 Å². The minimum absolute atomic E-state index is 0.358. The number of carbonyl (C=O) groups is 1. The van der Waals surface area contributed by atoms with Crippen LogP contribution in [0.5, 0.6) is 0 Å². The highest BCUT2D eigenvalue weighted by atomic mass is 32.2. The van der Waals surface area contributed by atoms with Crippen molar-refractivity contribution < 1.29 is 9.53 Å². The second kappa shape index (κ2) is 6.88. The third-order valence-corrected chi connectivity index (χ3v) is 4.85. The molecular weight excluding hydrogens is 272 g/mol. The van der Waals surface area contributed by atoms with Gasteiger partial charge in [-0.15, -0.1) is 0 Å². The summed E-state index contributed by atoms with van der Waals surface area (Å²) in [5.41, 5.74) is 8.00. The molecule has 3 N–H and O–H groups in total. The van der Waals surface area contributed by atoms with Gasteiger partial charge in [-0.1, -0.05) is 6.92 Å². The van der Waals surface area contributed by atoms with Gasteiger partial charge in [0.2, 0.25) is 0 Å². The first kappa shape index (κ1) is 15.0. The lowest BCUT2D eigenvalue weighted by Crippen LogP contribution is -2.17. The molecule has 0 aromatic heterocycles. The zero-order valence-electron chi connectivity index (χ0n) is 12.0. The lowest BCUT2D eigenvalue weighted by molar-refractivity contribution is 0.0601. The Morgan fingerprint density at radius 2 is 2.30 bits per heavy atom. The lowest BCUT2D eigenvalue weighted by atomic mass is 10.1. The molecule has 2 unspecified atom stereocenters. The third kappa shape index (κ3) is 3.60. The molecule has 5 heteroatoms. The van der Waals surface area contributed by atoms with Crippen LogP contribution in [-0.2, 0) is 4.74 Å². The minimum atomic E-state index is -0.358. The van der Waals surface area contributed by atoms with E-state index in [1.165, 1.54) is 32.1 Å². The van der Waals surface area contributed by atoms with Gasteiger partial charge < -0.3 is 15.8 Å². The predicted octanol–water partition coefficient (Wildman–Crippen LogP) is 3.14. The first-order valence-electron chi connectivity index (χ1n) is 7.00. The van der Waals surface area contributed by atoms with Crippen molar-refractivity contribution in [2.45, 2.75) is 37.5 Å². The molecule has 1 aromatic rings. The fourth-order valence-corrected chi connectivity index (χ4v) is 3.76. The van der Waals surface area contributed by atoms with Gasteiger partial charge in [-0.2, -0.15) is 11.8 Å². The van der Waals surface area contributed by atoms with Crippen LogP contribution in [0.3, 0.4) is 0 Å². The van der Waals surface area contributed by atoms with Crippen molar-refractivity contribution in [3.05, 3.63) is 23.8 Å². The molecule has 2 atom stereocenters. The van der Waals surface area contributed by atoms with E-state index in [0.29, 0.717) is 17.3 Å². The van der Waals surface area contributed by atoms with Crippen LogP contribution in [0.25, 0.3) is 0 Å². The van der Waals surface area contributed by atoms with E-state index >= 15 is 0 Å². The zero-order chi connectivity index (χ0) is 14.5. The standard InChI is InChI=1S/C15H22N2O2S/c1-3-20-12-6-5-11(9-12)17-14-7-4-10(8-13(14)16)15(18)19-2/h4,7-8,11-12,17H,3,5-6,9,16H2,1-2H3. The Morgan fingerprint density at radius 3 is 2.95 bits per heavy atom. The molecule has 1 saturated carbocycles. The van der Waals surface area contributed by atoms with Crippen LogP contribution in [0.15, 0.2) is 18.2 Å². The Balaban J connectivity index is 1.98. The number of nitrogens with two attached hydrogens (primary N) is 1. The first-order chi connectivity index (χ1) is 9.63. The van der Waals surface area contributed by atoms with Crippen LogP contribution in [-0.4, -0.2) is 30.1 Å². The number of esters is 1. The van der Waals surface area contributed by atoms with Gasteiger partial charge in [0.25, 0.3) is 0 Å². The molecule has 1 aliphatic rings. The van der Waals surface area contributed by atoms with Crippen LogP contribution >= 0.6 is 11.8 Å². The Morgan fingerprint density at radius 1 is 1.50 bits per heavy atom. The van der Waals surface area contributed by atoms with Crippen molar-refractivity contribution in [3.8, 4) is 0 Å². The summed E-state index contributed by atoms with van der Waals surface area (Å²) < 4.78 is 4.69. The summed E-state index contributed by atoms with van der Waals surface area (Å²) in [7, 11) is 1.37. The van der Waals surface area contributed by atoms with E-state index in [-0.39, 0.29) is 5.97 Å². The number of nitrogens with one attached hydrogen (secondary N) is 1. The van der Waals surface area contributed by atoms with Gasteiger partial charge in [-0.3, -0.25) is 0 Å². The highest BCUT2D eigenvalue weighted by Crippen LogP contribution is 2.32. The maximum absolute atomic E-state index is 11.4. The number of ether oxygens (including phenoxy) is 1. The molecule has 0 saturated heterocycles. The first-order valence-corrected chi connectivity index (χ1v) is 8.05. The molecule has 1 fully saturated rings.